The minimum absolute atomic E-state index is 0.709. The molecular weight excluding hydrogens is 390 g/mol. The fourth-order valence-corrected chi connectivity index (χ4v) is 5.14. The van der Waals surface area contributed by atoms with Gasteiger partial charge in [0.25, 0.3) is 0 Å². The number of nitrogens with zero attached hydrogens (tertiary/aromatic N) is 3. The van der Waals surface area contributed by atoms with Crippen molar-refractivity contribution < 1.29 is 4.74 Å². The Morgan fingerprint density at radius 1 is 1.07 bits per heavy atom. The topological polar surface area (TPSA) is 29.8 Å². The van der Waals surface area contributed by atoms with E-state index in [1.54, 1.807) is 18.4 Å². The van der Waals surface area contributed by atoms with E-state index in [2.05, 4.69) is 52.1 Å². The van der Waals surface area contributed by atoms with E-state index in [4.69, 9.17) is 9.73 Å². The second kappa shape index (κ2) is 10.1. The molecule has 4 rings (SSSR count). The molecule has 4 nitrogen and oxygen atoms in total. The van der Waals surface area contributed by atoms with Crippen LogP contribution in [0.3, 0.4) is 0 Å². The Labute approximate surface area is 183 Å². The maximum absolute atomic E-state index is 5.37. The van der Waals surface area contributed by atoms with Crippen molar-refractivity contribution >= 4 is 17.0 Å². The Balaban J connectivity index is 1.61. The number of benzene rings is 2. The number of ether oxygens (including phenoxy) is 1. The molecule has 1 aliphatic heterocycles. The Morgan fingerprint density at radius 3 is 2.73 bits per heavy atom. The molecule has 2 aromatic carbocycles. The third-order valence-corrected chi connectivity index (χ3v) is 6.78. The third-order valence-electron chi connectivity index (χ3n) is 5.91. The summed E-state index contributed by atoms with van der Waals surface area (Å²) in [4.78, 5) is 8.65. The van der Waals surface area contributed by atoms with Crippen LogP contribution in [0.5, 0.6) is 5.75 Å². The van der Waals surface area contributed by atoms with Gasteiger partial charge in [0.15, 0.2) is 4.80 Å². The van der Waals surface area contributed by atoms with Crippen LogP contribution in [-0.4, -0.2) is 35.7 Å². The van der Waals surface area contributed by atoms with Gasteiger partial charge < -0.3 is 14.2 Å². The van der Waals surface area contributed by atoms with E-state index in [-0.39, 0.29) is 0 Å². The van der Waals surface area contributed by atoms with Crippen LogP contribution >= 0.6 is 11.3 Å². The molecule has 0 amide bonds. The van der Waals surface area contributed by atoms with Crippen LogP contribution in [0.15, 0.2) is 65.0 Å². The van der Waals surface area contributed by atoms with Crippen LogP contribution in [0.4, 0.5) is 5.69 Å². The van der Waals surface area contributed by atoms with Crippen LogP contribution in [0.25, 0.3) is 11.3 Å². The van der Waals surface area contributed by atoms with Gasteiger partial charge in [-0.2, -0.15) is 0 Å². The summed E-state index contributed by atoms with van der Waals surface area (Å²) in [6.45, 7) is 5.73. The molecule has 158 valence electrons. The first kappa shape index (κ1) is 20.9. The minimum Gasteiger partial charge on any atom is -0.497 e. The number of piperidine rings is 1. The maximum atomic E-state index is 5.37. The fraction of sp³-hybridized carbons (Fsp3) is 0.400. The molecule has 30 heavy (non-hydrogen) atoms. The maximum Gasteiger partial charge on any atom is 0.190 e. The average Bonchev–Trinajstić information content (AvgIpc) is 3.18. The van der Waals surface area contributed by atoms with Gasteiger partial charge in [-0.1, -0.05) is 42.8 Å². The second-order valence-electron chi connectivity index (χ2n) is 7.97. The molecule has 0 saturated carbocycles. The summed E-state index contributed by atoms with van der Waals surface area (Å²) in [6.07, 6.45) is 5.17. The lowest BCUT2D eigenvalue weighted by molar-refractivity contribution is 0.157. The van der Waals surface area contributed by atoms with Crippen LogP contribution in [-0.2, 0) is 6.54 Å². The highest BCUT2D eigenvalue weighted by atomic mass is 32.1. The highest BCUT2D eigenvalue weighted by Crippen LogP contribution is 2.23. The molecule has 1 unspecified atom stereocenters. The molecule has 2 heterocycles. The van der Waals surface area contributed by atoms with Crippen LogP contribution < -0.4 is 9.54 Å². The van der Waals surface area contributed by atoms with E-state index in [0.29, 0.717) is 6.04 Å². The van der Waals surface area contributed by atoms with Crippen LogP contribution in [0, 0.1) is 0 Å². The van der Waals surface area contributed by atoms with Gasteiger partial charge in [-0.3, -0.25) is 0 Å². The molecule has 1 aromatic heterocycles. The molecule has 1 fully saturated rings. The van der Waals surface area contributed by atoms with E-state index in [0.717, 1.165) is 35.7 Å². The van der Waals surface area contributed by atoms with Crippen molar-refractivity contribution in [3.05, 3.63) is 64.8 Å². The first-order valence-electron chi connectivity index (χ1n) is 10.9. The molecule has 0 bridgehead atoms. The Morgan fingerprint density at radius 2 is 1.93 bits per heavy atom. The lowest BCUT2D eigenvalue weighted by atomic mass is 10.0. The summed E-state index contributed by atoms with van der Waals surface area (Å²) >= 11 is 1.71. The molecule has 5 heteroatoms. The van der Waals surface area contributed by atoms with E-state index in [9.17, 15) is 0 Å². The summed E-state index contributed by atoms with van der Waals surface area (Å²) in [7, 11) is 1.69. The quantitative estimate of drug-likeness (QED) is 0.488. The lowest BCUT2D eigenvalue weighted by Crippen LogP contribution is -2.38. The lowest BCUT2D eigenvalue weighted by Gasteiger charge is -2.33. The molecule has 1 aliphatic rings. The predicted octanol–water partition coefficient (Wildman–Crippen LogP) is 5.72. The van der Waals surface area contributed by atoms with Gasteiger partial charge in [0.1, 0.15) is 5.75 Å². The molecule has 0 radical (unpaired) electrons. The monoisotopic (exact) mass is 421 g/mol. The molecule has 0 spiro atoms. The summed E-state index contributed by atoms with van der Waals surface area (Å²) in [6, 6.07) is 19.3. The van der Waals surface area contributed by atoms with E-state index in [1.807, 2.05) is 24.3 Å². The Bertz CT molecular complexity index is 1010. The van der Waals surface area contributed by atoms with Gasteiger partial charge in [-0.05, 0) is 50.4 Å². The summed E-state index contributed by atoms with van der Waals surface area (Å²) in [5.41, 5.74) is 3.41. The standard InChI is InChI=1S/C25H31N3OS/c1-20-10-6-7-15-27(20)16-9-17-28-24(21-11-4-3-5-12-21)19-30-25(28)26-22-13-8-14-23(18-22)29-2/h3-5,8,11-14,18-20H,6-7,9-10,15-17H2,1-2H3. The van der Waals surface area contributed by atoms with Gasteiger partial charge in [0, 0.05) is 30.6 Å². The predicted molar refractivity (Wildman–Crippen MR) is 125 cm³/mol. The van der Waals surface area contributed by atoms with Crippen molar-refractivity contribution in [1.82, 2.24) is 9.47 Å². The number of aromatic nitrogens is 1. The molecule has 0 N–H and O–H groups in total. The Kier molecular flexibility index (Phi) is 7.03. The van der Waals surface area contributed by atoms with Crippen molar-refractivity contribution in [3.63, 3.8) is 0 Å². The number of thiazole rings is 1. The number of hydrogen-bond donors (Lipinski definition) is 0. The summed E-state index contributed by atoms with van der Waals surface area (Å²) in [5.74, 6) is 0.835. The van der Waals surface area contributed by atoms with Gasteiger partial charge in [-0.25, -0.2) is 4.99 Å². The van der Waals surface area contributed by atoms with Crippen molar-refractivity contribution in [2.24, 2.45) is 4.99 Å². The average molecular weight is 422 g/mol. The highest BCUT2D eigenvalue weighted by Gasteiger charge is 2.17. The first-order valence-corrected chi connectivity index (χ1v) is 11.8. The molecule has 3 aromatic rings. The van der Waals surface area contributed by atoms with Crippen LogP contribution in [0.2, 0.25) is 0 Å². The number of methoxy groups -OCH3 is 1. The van der Waals surface area contributed by atoms with Gasteiger partial charge in [0.2, 0.25) is 0 Å². The largest absolute Gasteiger partial charge is 0.497 e. The van der Waals surface area contributed by atoms with Gasteiger partial charge >= 0.3 is 0 Å². The van der Waals surface area contributed by atoms with E-state index in [1.165, 1.54) is 37.1 Å². The zero-order chi connectivity index (χ0) is 20.8. The molecular formula is C25H31N3OS. The molecule has 0 aliphatic carbocycles. The number of hydrogen-bond acceptors (Lipinski definition) is 4. The second-order valence-corrected chi connectivity index (χ2v) is 8.81. The van der Waals surface area contributed by atoms with E-state index < -0.39 is 0 Å². The SMILES string of the molecule is COc1cccc(N=c2scc(-c3ccccc3)n2CCCN2CCCCC2C)c1. The van der Waals surface area contributed by atoms with Crippen molar-refractivity contribution in [2.45, 2.75) is 45.2 Å². The van der Waals surface area contributed by atoms with Gasteiger partial charge in [-0.15, -0.1) is 11.3 Å². The zero-order valence-corrected chi connectivity index (χ0v) is 18.8. The zero-order valence-electron chi connectivity index (χ0n) is 18.0. The smallest absolute Gasteiger partial charge is 0.190 e. The highest BCUT2D eigenvalue weighted by molar-refractivity contribution is 7.07. The molecule has 1 saturated heterocycles. The van der Waals surface area contributed by atoms with Gasteiger partial charge in [0.05, 0.1) is 18.5 Å². The summed E-state index contributed by atoms with van der Waals surface area (Å²) in [5, 5.41) is 2.23. The molecule has 1 atom stereocenters. The van der Waals surface area contributed by atoms with Crippen molar-refractivity contribution in [1.29, 1.82) is 0 Å². The van der Waals surface area contributed by atoms with Crippen molar-refractivity contribution in [3.8, 4) is 17.0 Å². The van der Waals surface area contributed by atoms with E-state index >= 15 is 0 Å². The minimum atomic E-state index is 0.709. The normalized spacial score (nSPS) is 17.9. The first-order chi connectivity index (χ1) is 14.7. The van der Waals surface area contributed by atoms with Crippen molar-refractivity contribution in [2.75, 3.05) is 20.2 Å². The Hall–Kier alpha value is -2.37. The van der Waals surface area contributed by atoms with Crippen LogP contribution in [0.1, 0.15) is 32.6 Å². The summed E-state index contributed by atoms with van der Waals surface area (Å²) < 4.78 is 7.75. The number of rotatable bonds is 7. The number of likely N-dealkylation sites (tertiary alicyclic amines) is 1. The fourth-order valence-electron chi connectivity index (χ4n) is 4.19. The third kappa shape index (κ3) is 5.02.